The molecule has 3 aromatic carbocycles. The second-order valence-corrected chi connectivity index (χ2v) is 10.3. The fourth-order valence-corrected chi connectivity index (χ4v) is 4.78. The highest BCUT2D eigenvalue weighted by Crippen LogP contribution is 2.29. The van der Waals surface area contributed by atoms with Gasteiger partial charge in [-0.25, -0.2) is 4.79 Å². The van der Waals surface area contributed by atoms with Gasteiger partial charge in [0.05, 0.1) is 5.56 Å². The van der Waals surface area contributed by atoms with Gasteiger partial charge in [0.15, 0.2) is 0 Å². The van der Waals surface area contributed by atoms with Crippen molar-refractivity contribution >= 4 is 40.1 Å². The van der Waals surface area contributed by atoms with E-state index in [1.807, 2.05) is 30.5 Å². The number of ether oxygens (including phenoxy) is 1. The first-order valence-electron chi connectivity index (χ1n) is 13.4. The van der Waals surface area contributed by atoms with Crippen LogP contribution in [0.4, 0.5) is 23.7 Å². The molecule has 7 nitrogen and oxygen atoms in total. The smallest absolute Gasteiger partial charge is 0.385 e. The van der Waals surface area contributed by atoms with Gasteiger partial charge in [0, 0.05) is 61.2 Å². The fourth-order valence-electron chi connectivity index (χ4n) is 4.59. The first-order chi connectivity index (χ1) is 20.1. The summed E-state index contributed by atoms with van der Waals surface area (Å²) in [5.41, 5.74) is 2.24. The number of nitrogens with zero attached hydrogens (tertiary/aromatic N) is 2. The first-order valence-corrected chi connectivity index (χ1v) is 13.8. The molecule has 0 aliphatic rings. The van der Waals surface area contributed by atoms with Crippen molar-refractivity contribution < 1.29 is 27.5 Å². The molecule has 42 heavy (non-hydrogen) atoms. The molecule has 0 bridgehead atoms. The van der Waals surface area contributed by atoms with Crippen molar-refractivity contribution in [2.45, 2.75) is 25.6 Å². The Morgan fingerprint density at radius 2 is 1.74 bits per heavy atom. The van der Waals surface area contributed by atoms with E-state index in [9.17, 15) is 22.8 Å². The minimum Gasteiger partial charge on any atom is -0.385 e. The molecule has 0 saturated carbocycles. The van der Waals surface area contributed by atoms with Crippen LogP contribution < -0.4 is 5.32 Å². The van der Waals surface area contributed by atoms with Crippen molar-refractivity contribution in [1.29, 1.82) is 0 Å². The highest BCUT2D eigenvalue weighted by atomic mass is 35.5. The molecule has 0 unspecified atom stereocenters. The van der Waals surface area contributed by atoms with Crippen molar-refractivity contribution in [3.63, 3.8) is 0 Å². The van der Waals surface area contributed by atoms with E-state index in [1.165, 1.54) is 17.0 Å². The van der Waals surface area contributed by atoms with Crippen LogP contribution in [0.5, 0.6) is 0 Å². The number of aromatic nitrogens is 1. The average Bonchev–Trinajstić information content (AvgIpc) is 3.37. The molecule has 1 heterocycles. The lowest BCUT2D eigenvalue weighted by atomic mass is 10.1. The number of aromatic amines is 1. The number of para-hydroxylation sites is 1. The lowest BCUT2D eigenvalue weighted by Crippen LogP contribution is -2.45. The van der Waals surface area contributed by atoms with Crippen LogP contribution in [0.3, 0.4) is 0 Å². The van der Waals surface area contributed by atoms with E-state index in [0.717, 1.165) is 28.6 Å². The lowest BCUT2D eigenvalue weighted by Gasteiger charge is -2.28. The minimum atomic E-state index is -4.46. The van der Waals surface area contributed by atoms with Crippen LogP contribution in [0, 0.1) is 0 Å². The summed E-state index contributed by atoms with van der Waals surface area (Å²) in [6, 6.07) is 18.8. The number of amides is 3. The molecule has 0 aliphatic heterocycles. The zero-order valence-electron chi connectivity index (χ0n) is 23.1. The van der Waals surface area contributed by atoms with Crippen molar-refractivity contribution in [2.75, 3.05) is 38.7 Å². The average molecular weight is 601 g/mol. The maximum absolute atomic E-state index is 13.7. The van der Waals surface area contributed by atoms with E-state index < -0.39 is 17.8 Å². The molecule has 4 rings (SSSR count). The summed E-state index contributed by atoms with van der Waals surface area (Å²) in [6.45, 7) is 0.794. The highest BCUT2D eigenvalue weighted by molar-refractivity contribution is 6.30. The molecule has 3 amide bonds. The zero-order chi connectivity index (χ0) is 30.1. The molecule has 0 spiro atoms. The molecular formula is C31H32ClF3N4O3. The summed E-state index contributed by atoms with van der Waals surface area (Å²) in [6.07, 6.45) is -1.56. The van der Waals surface area contributed by atoms with Gasteiger partial charge in [0.25, 0.3) is 0 Å². The van der Waals surface area contributed by atoms with Gasteiger partial charge in [0.1, 0.15) is 6.54 Å². The van der Waals surface area contributed by atoms with Crippen LogP contribution in [0.1, 0.15) is 23.1 Å². The number of rotatable bonds is 12. The highest BCUT2D eigenvalue weighted by Gasteiger charge is 2.30. The summed E-state index contributed by atoms with van der Waals surface area (Å²) in [5, 5.41) is 4.26. The topological polar surface area (TPSA) is 77.7 Å². The molecule has 0 fully saturated rings. The second kappa shape index (κ2) is 14.2. The van der Waals surface area contributed by atoms with E-state index >= 15 is 0 Å². The maximum atomic E-state index is 13.7. The third kappa shape index (κ3) is 8.50. The molecular weight excluding hydrogens is 569 g/mol. The lowest BCUT2D eigenvalue weighted by molar-refractivity contribution is -0.137. The van der Waals surface area contributed by atoms with Crippen molar-refractivity contribution in [2.24, 2.45) is 0 Å². The van der Waals surface area contributed by atoms with E-state index in [-0.39, 0.29) is 25.5 Å². The van der Waals surface area contributed by atoms with Crippen LogP contribution in [0.15, 0.2) is 79.0 Å². The van der Waals surface area contributed by atoms with Crippen molar-refractivity contribution in [3.05, 3.63) is 101 Å². The Morgan fingerprint density at radius 1 is 0.976 bits per heavy atom. The van der Waals surface area contributed by atoms with Gasteiger partial charge < -0.3 is 24.8 Å². The standard InChI is InChI=1S/C31H32ClF3N4O3/c1-42-17-5-15-39(30(41)37-26-7-4-6-25(32)18-26)21-29(40)38(20-22-10-12-24(13-11-22)31(33,34)35)16-14-23-19-36-28-9-3-2-8-27(23)28/h2-4,6-13,18-19,36H,5,14-17,20-21H2,1H3,(H,37,41). The third-order valence-corrected chi connectivity index (χ3v) is 7.03. The van der Waals surface area contributed by atoms with Gasteiger partial charge in [0.2, 0.25) is 5.91 Å². The molecule has 0 radical (unpaired) electrons. The van der Waals surface area contributed by atoms with Gasteiger partial charge >= 0.3 is 12.2 Å². The Kier molecular flexibility index (Phi) is 10.5. The Bertz CT molecular complexity index is 1490. The number of fused-ring (bicyclic) bond motifs is 1. The predicted molar refractivity (Wildman–Crippen MR) is 157 cm³/mol. The number of hydrogen-bond acceptors (Lipinski definition) is 3. The second-order valence-electron chi connectivity index (χ2n) is 9.83. The number of carbonyl (C=O) groups excluding carboxylic acids is 2. The number of carbonyl (C=O) groups is 2. The van der Waals surface area contributed by atoms with E-state index in [1.54, 1.807) is 36.3 Å². The van der Waals surface area contributed by atoms with Gasteiger partial charge in [-0.3, -0.25) is 4.79 Å². The number of benzene rings is 3. The molecule has 222 valence electrons. The fraction of sp³-hybridized carbons (Fsp3) is 0.290. The molecule has 2 N–H and O–H groups in total. The van der Waals surface area contributed by atoms with Crippen LogP contribution in [0.25, 0.3) is 10.9 Å². The quantitative estimate of drug-likeness (QED) is 0.172. The Morgan fingerprint density at radius 3 is 2.45 bits per heavy atom. The SMILES string of the molecule is COCCCN(CC(=O)N(CCc1c[nH]c2ccccc12)Cc1ccc(C(F)(F)F)cc1)C(=O)Nc1cccc(Cl)c1. The number of methoxy groups -OCH3 is 1. The van der Waals surface area contributed by atoms with E-state index in [0.29, 0.717) is 42.3 Å². The number of H-pyrrole nitrogens is 1. The Hall–Kier alpha value is -4.02. The van der Waals surface area contributed by atoms with Crippen LogP contribution >= 0.6 is 11.6 Å². The van der Waals surface area contributed by atoms with Crippen molar-refractivity contribution in [3.8, 4) is 0 Å². The van der Waals surface area contributed by atoms with Crippen LogP contribution in [-0.4, -0.2) is 60.1 Å². The third-order valence-electron chi connectivity index (χ3n) is 6.80. The summed E-state index contributed by atoms with van der Waals surface area (Å²) >= 11 is 6.05. The molecule has 0 saturated heterocycles. The Balaban J connectivity index is 1.53. The normalized spacial score (nSPS) is 11.5. The number of anilines is 1. The monoisotopic (exact) mass is 600 g/mol. The number of hydrogen-bond donors (Lipinski definition) is 2. The zero-order valence-corrected chi connectivity index (χ0v) is 23.8. The summed E-state index contributed by atoms with van der Waals surface area (Å²) in [4.78, 5) is 33.1. The number of nitrogens with one attached hydrogen (secondary N) is 2. The first kappa shape index (κ1) is 30.9. The van der Waals surface area contributed by atoms with E-state index in [4.69, 9.17) is 16.3 Å². The predicted octanol–water partition coefficient (Wildman–Crippen LogP) is 6.98. The summed E-state index contributed by atoms with van der Waals surface area (Å²) in [5.74, 6) is -0.339. The van der Waals surface area contributed by atoms with Crippen LogP contribution in [-0.2, 0) is 28.7 Å². The summed E-state index contributed by atoms with van der Waals surface area (Å²) < 4.78 is 44.5. The van der Waals surface area contributed by atoms with Crippen molar-refractivity contribution in [1.82, 2.24) is 14.8 Å². The van der Waals surface area contributed by atoms with Gasteiger partial charge in [-0.05, 0) is 60.4 Å². The van der Waals surface area contributed by atoms with Gasteiger partial charge in [-0.2, -0.15) is 13.2 Å². The number of alkyl halides is 3. The largest absolute Gasteiger partial charge is 0.416 e. The molecule has 1 aromatic heterocycles. The molecule has 0 aliphatic carbocycles. The number of halogens is 4. The van der Waals surface area contributed by atoms with Crippen LogP contribution in [0.2, 0.25) is 5.02 Å². The molecule has 4 aromatic rings. The summed E-state index contributed by atoms with van der Waals surface area (Å²) in [7, 11) is 1.55. The van der Waals surface area contributed by atoms with E-state index in [2.05, 4.69) is 10.3 Å². The molecule has 11 heteroatoms. The van der Waals surface area contributed by atoms with Gasteiger partial charge in [-0.15, -0.1) is 0 Å². The molecule has 0 atom stereocenters. The number of urea groups is 1. The minimum absolute atomic E-state index is 0.0845. The van der Waals surface area contributed by atoms with Gasteiger partial charge in [-0.1, -0.05) is 48.0 Å². The maximum Gasteiger partial charge on any atom is 0.416 e. The Labute approximate surface area is 247 Å².